The van der Waals surface area contributed by atoms with E-state index < -0.39 is 11.5 Å². The minimum Gasteiger partial charge on any atom is -0.478 e. The van der Waals surface area contributed by atoms with Gasteiger partial charge in [0.1, 0.15) is 0 Å². The van der Waals surface area contributed by atoms with Crippen LogP contribution in [0.5, 0.6) is 0 Å². The molecular formula is C15H21NO2. The van der Waals surface area contributed by atoms with Gasteiger partial charge in [-0.3, -0.25) is 0 Å². The summed E-state index contributed by atoms with van der Waals surface area (Å²) >= 11 is 0. The van der Waals surface area contributed by atoms with Gasteiger partial charge < -0.3 is 10.8 Å². The van der Waals surface area contributed by atoms with Gasteiger partial charge in [0.05, 0.1) is 0 Å². The third-order valence-electron chi connectivity index (χ3n) is 2.78. The third-order valence-corrected chi connectivity index (χ3v) is 2.78. The Hall–Kier alpha value is -1.61. The lowest BCUT2D eigenvalue weighted by atomic mass is 9.89. The van der Waals surface area contributed by atoms with Crippen LogP contribution in [0, 0.1) is 0 Å². The molecular weight excluding hydrogens is 226 g/mol. The lowest BCUT2D eigenvalue weighted by Gasteiger charge is -2.22. The van der Waals surface area contributed by atoms with Gasteiger partial charge in [0.15, 0.2) is 0 Å². The maximum Gasteiger partial charge on any atom is 0.331 e. The van der Waals surface area contributed by atoms with Gasteiger partial charge in [0.25, 0.3) is 0 Å². The number of aliphatic carboxylic acids is 1. The van der Waals surface area contributed by atoms with Crippen LogP contribution in [0.25, 0.3) is 0 Å². The quantitative estimate of drug-likeness (QED) is 0.786. The first-order valence-corrected chi connectivity index (χ1v) is 6.04. The van der Waals surface area contributed by atoms with E-state index in [0.717, 1.165) is 11.1 Å². The second-order valence-electron chi connectivity index (χ2n) is 5.36. The summed E-state index contributed by atoms with van der Waals surface area (Å²) < 4.78 is 0. The smallest absolute Gasteiger partial charge is 0.331 e. The van der Waals surface area contributed by atoms with Crippen molar-refractivity contribution in [2.45, 2.75) is 39.2 Å². The van der Waals surface area contributed by atoms with Crippen LogP contribution >= 0.6 is 0 Å². The van der Waals surface area contributed by atoms with Gasteiger partial charge in [0, 0.05) is 11.1 Å². The second-order valence-corrected chi connectivity index (χ2v) is 5.36. The first-order chi connectivity index (χ1) is 8.29. The zero-order valence-electron chi connectivity index (χ0n) is 11.2. The molecule has 0 fully saturated rings. The van der Waals surface area contributed by atoms with Crippen molar-refractivity contribution in [3.8, 4) is 0 Å². The van der Waals surface area contributed by atoms with E-state index in [9.17, 15) is 4.79 Å². The molecule has 3 heteroatoms. The van der Waals surface area contributed by atoms with Crippen molar-refractivity contribution >= 4 is 5.97 Å². The lowest BCUT2D eigenvalue weighted by molar-refractivity contribution is -0.132. The SMILES string of the molecule is CC(C(=O)O)=C(Cc1ccccc1)CC(C)(C)N. The molecule has 1 rings (SSSR count). The molecule has 0 heterocycles. The molecule has 0 amide bonds. The summed E-state index contributed by atoms with van der Waals surface area (Å²) in [6.45, 7) is 5.46. The van der Waals surface area contributed by atoms with E-state index in [1.54, 1.807) is 6.92 Å². The van der Waals surface area contributed by atoms with Crippen molar-refractivity contribution < 1.29 is 9.90 Å². The largest absolute Gasteiger partial charge is 0.478 e. The summed E-state index contributed by atoms with van der Waals surface area (Å²) in [5, 5.41) is 9.13. The molecule has 0 aliphatic heterocycles. The predicted molar refractivity (Wildman–Crippen MR) is 73.4 cm³/mol. The normalized spacial score (nSPS) is 13.1. The molecule has 18 heavy (non-hydrogen) atoms. The Morgan fingerprint density at radius 3 is 2.28 bits per heavy atom. The summed E-state index contributed by atoms with van der Waals surface area (Å²) in [4.78, 5) is 11.1. The molecule has 0 saturated heterocycles. The number of carboxylic acid groups (broad SMARTS) is 1. The number of benzene rings is 1. The highest BCUT2D eigenvalue weighted by Gasteiger charge is 2.18. The molecule has 0 unspecified atom stereocenters. The molecule has 0 aliphatic rings. The van der Waals surface area contributed by atoms with E-state index in [1.807, 2.05) is 44.2 Å². The average molecular weight is 247 g/mol. The van der Waals surface area contributed by atoms with Crippen molar-refractivity contribution in [3.05, 3.63) is 47.0 Å². The van der Waals surface area contributed by atoms with Crippen molar-refractivity contribution in [1.29, 1.82) is 0 Å². The van der Waals surface area contributed by atoms with E-state index in [2.05, 4.69) is 0 Å². The van der Waals surface area contributed by atoms with Crippen molar-refractivity contribution in [2.75, 3.05) is 0 Å². The number of carbonyl (C=O) groups is 1. The van der Waals surface area contributed by atoms with Crippen LogP contribution in [0.4, 0.5) is 0 Å². The Bertz CT molecular complexity index is 441. The van der Waals surface area contributed by atoms with Crippen LogP contribution in [0.2, 0.25) is 0 Å². The molecule has 0 saturated carbocycles. The number of hydrogen-bond acceptors (Lipinski definition) is 2. The van der Waals surface area contributed by atoms with E-state index in [-0.39, 0.29) is 0 Å². The molecule has 0 atom stereocenters. The molecule has 1 aromatic rings. The number of carboxylic acids is 1. The zero-order valence-corrected chi connectivity index (χ0v) is 11.2. The Balaban J connectivity index is 3.00. The van der Waals surface area contributed by atoms with Gasteiger partial charge in [-0.1, -0.05) is 35.9 Å². The fourth-order valence-corrected chi connectivity index (χ4v) is 1.87. The number of nitrogens with two attached hydrogens (primary N) is 1. The van der Waals surface area contributed by atoms with Crippen LogP contribution in [0.1, 0.15) is 32.8 Å². The minimum absolute atomic E-state index is 0.400. The highest BCUT2D eigenvalue weighted by atomic mass is 16.4. The van der Waals surface area contributed by atoms with Crippen LogP contribution < -0.4 is 5.73 Å². The first-order valence-electron chi connectivity index (χ1n) is 6.04. The second kappa shape index (κ2) is 5.83. The number of hydrogen-bond donors (Lipinski definition) is 2. The molecule has 3 N–H and O–H groups in total. The van der Waals surface area contributed by atoms with Crippen molar-refractivity contribution in [1.82, 2.24) is 0 Å². The van der Waals surface area contributed by atoms with Crippen LogP contribution in [-0.2, 0) is 11.2 Å². The molecule has 98 valence electrons. The highest BCUT2D eigenvalue weighted by molar-refractivity contribution is 5.86. The molecule has 3 nitrogen and oxygen atoms in total. The van der Waals surface area contributed by atoms with Gasteiger partial charge >= 0.3 is 5.97 Å². The van der Waals surface area contributed by atoms with Gasteiger partial charge in [-0.15, -0.1) is 0 Å². The maximum absolute atomic E-state index is 11.1. The van der Waals surface area contributed by atoms with Crippen molar-refractivity contribution in [3.63, 3.8) is 0 Å². The Morgan fingerprint density at radius 2 is 1.83 bits per heavy atom. The van der Waals surface area contributed by atoms with E-state index >= 15 is 0 Å². The molecule has 1 aromatic carbocycles. The van der Waals surface area contributed by atoms with Gasteiger partial charge in [-0.25, -0.2) is 4.79 Å². The fourth-order valence-electron chi connectivity index (χ4n) is 1.87. The average Bonchev–Trinajstić information content (AvgIpc) is 2.26. The van der Waals surface area contributed by atoms with E-state index in [4.69, 9.17) is 10.8 Å². The lowest BCUT2D eigenvalue weighted by Crippen LogP contribution is -2.33. The summed E-state index contributed by atoms with van der Waals surface area (Å²) in [5.74, 6) is -0.870. The van der Waals surface area contributed by atoms with Crippen LogP contribution in [0.3, 0.4) is 0 Å². The van der Waals surface area contributed by atoms with Crippen LogP contribution in [-0.4, -0.2) is 16.6 Å². The monoisotopic (exact) mass is 247 g/mol. The minimum atomic E-state index is -0.870. The summed E-state index contributed by atoms with van der Waals surface area (Å²) in [5.41, 5.74) is 8.00. The fraction of sp³-hybridized carbons (Fsp3) is 0.400. The topological polar surface area (TPSA) is 63.3 Å². The standard InChI is InChI=1S/C15H21NO2/c1-11(14(17)18)13(10-15(2,3)16)9-12-7-5-4-6-8-12/h4-8H,9-10,16H2,1-3H3,(H,17,18). The molecule has 0 radical (unpaired) electrons. The highest BCUT2D eigenvalue weighted by Crippen LogP contribution is 2.21. The summed E-state index contributed by atoms with van der Waals surface area (Å²) in [6, 6.07) is 9.86. The zero-order chi connectivity index (χ0) is 13.8. The van der Waals surface area contributed by atoms with Crippen molar-refractivity contribution in [2.24, 2.45) is 5.73 Å². The summed E-state index contributed by atoms with van der Waals surface area (Å²) in [6.07, 6.45) is 1.22. The molecule has 0 aliphatic carbocycles. The van der Waals surface area contributed by atoms with E-state index in [0.29, 0.717) is 18.4 Å². The Labute approximate surface area is 108 Å². The third kappa shape index (κ3) is 4.72. The molecule has 0 aromatic heterocycles. The van der Waals surface area contributed by atoms with Gasteiger partial charge in [-0.05, 0) is 39.2 Å². The Kier molecular flexibility index (Phi) is 4.68. The molecule has 0 bridgehead atoms. The maximum atomic E-state index is 11.1. The predicted octanol–water partition coefficient (Wildman–Crippen LogP) is 2.76. The first kappa shape index (κ1) is 14.5. The Morgan fingerprint density at radius 1 is 1.28 bits per heavy atom. The van der Waals surface area contributed by atoms with Crippen LogP contribution in [0.15, 0.2) is 41.5 Å². The van der Waals surface area contributed by atoms with E-state index in [1.165, 1.54) is 0 Å². The summed E-state index contributed by atoms with van der Waals surface area (Å²) in [7, 11) is 0. The van der Waals surface area contributed by atoms with Gasteiger partial charge in [-0.2, -0.15) is 0 Å². The number of rotatable bonds is 5. The van der Waals surface area contributed by atoms with Gasteiger partial charge in [0.2, 0.25) is 0 Å². The molecule has 0 spiro atoms.